The van der Waals surface area contributed by atoms with Gasteiger partial charge in [0.05, 0.1) is 7.11 Å². The highest BCUT2D eigenvalue weighted by Gasteiger charge is 2.34. The van der Waals surface area contributed by atoms with Gasteiger partial charge in [0.1, 0.15) is 5.75 Å². The minimum Gasteiger partial charge on any atom is -0.493 e. The summed E-state index contributed by atoms with van der Waals surface area (Å²) in [6.07, 6.45) is 5.37. The Labute approximate surface area is 160 Å². The second-order valence-electron chi connectivity index (χ2n) is 7.50. The molecule has 2 aromatic carbocycles. The van der Waals surface area contributed by atoms with Crippen LogP contribution in [0, 0.1) is 5.92 Å². The van der Waals surface area contributed by atoms with Gasteiger partial charge in [-0.1, -0.05) is 12.1 Å². The van der Waals surface area contributed by atoms with Gasteiger partial charge in [-0.3, -0.25) is 4.79 Å². The smallest absolute Gasteiger partial charge is 0.224 e. The van der Waals surface area contributed by atoms with Crippen LogP contribution in [-0.2, 0) is 4.79 Å². The number of carbonyl (C=O) groups excluding carboxylic acids is 1. The number of carbonyl (C=O) groups is 1. The van der Waals surface area contributed by atoms with Gasteiger partial charge in [-0.05, 0) is 68.0 Å². The van der Waals surface area contributed by atoms with E-state index in [9.17, 15) is 4.79 Å². The standard InChI is InChI=1S/C22H26N2O3/c1-26-20-4-2-3-5-21(20)27-19-10-8-16(9-11-19)24-22(25)14-15-12-17-6-7-18(13-15)23-17/h2-5,8-11,15,17-18,23H,6-7,12-14H2,1H3,(H,24,25). The van der Waals surface area contributed by atoms with Crippen LogP contribution in [0.15, 0.2) is 48.5 Å². The number of fused-ring (bicyclic) bond motifs is 2. The summed E-state index contributed by atoms with van der Waals surface area (Å²) in [4.78, 5) is 12.4. The Morgan fingerprint density at radius 3 is 2.37 bits per heavy atom. The van der Waals surface area contributed by atoms with Crippen LogP contribution in [0.4, 0.5) is 5.69 Å². The molecule has 0 radical (unpaired) electrons. The fourth-order valence-corrected chi connectivity index (χ4v) is 4.25. The maximum atomic E-state index is 12.4. The van der Waals surface area contributed by atoms with Gasteiger partial charge in [0, 0.05) is 24.2 Å². The highest BCUT2D eigenvalue weighted by atomic mass is 16.5. The molecule has 27 heavy (non-hydrogen) atoms. The number of hydrogen-bond acceptors (Lipinski definition) is 4. The van der Waals surface area contributed by atoms with Crippen molar-refractivity contribution >= 4 is 11.6 Å². The van der Waals surface area contributed by atoms with Crippen molar-refractivity contribution in [2.24, 2.45) is 5.92 Å². The predicted molar refractivity (Wildman–Crippen MR) is 105 cm³/mol. The number of nitrogens with one attached hydrogen (secondary N) is 2. The Kier molecular flexibility index (Phi) is 5.30. The first-order valence-electron chi connectivity index (χ1n) is 9.66. The van der Waals surface area contributed by atoms with Crippen molar-refractivity contribution in [1.82, 2.24) is 5.32 Å². The molecule has 0 spiro atoms. The summed E-state index contributed by atoms with van der Waals surface area (Å²) in [6.45, 7) is 0. The third-order valence-corrected chi connectivity index (χ3v) is 5.48. The second kappa shape index (κ2) is 8.01. The van der Waals surface area contributed by atoms with Gasteiger partial charge in [-0.2, -0.15) is 0 Å². The number of hydrogen-bond donors (Lipinski definition) is 2. The molecule has 2 aliphatic rings. The van der Waals surface area contributed by atoms with Crippen molar-refractivity contribution in [1.29, 1.82) is 0 Å². The predicted octanol–water partition coefficient (Wildman–Crippen LogP) is 4.35. The lowest BCUT2D eigenvalue weighted by Crippen LogP contribution is -2.39. The first-order chi connectivity index (χ1) is 13.2. The number of piperidine rings is 1. The molecule has 2 atom stereocenters. The van der Waals surface area contributed by atoms with Crippen LogP contribution in [-0.4, -0.2) is 25.1 Å². The zero-order valence-electron chi connectivity index (χ0n) is 15.6. The molecule has 2 aliphatic heterocycles. The molecule has 1 amide bonds. The van der Waals surface area contributed by atoms with Gasteiger partial charge in [0.2, 0.25) is 5.91 Å². The molecule has 0 aromatic heterocycles. The van der Waals surface area contributed by atoms with Crippen molar-refractivity contribution in [2.45, 2.75) is 44.2 Å². The summed E-state index contributed by atoms with van der Waals surface area (Å²) in [5.41, 5.74) is 0.796. The van der Waals surface area contributed by atoms with E-state index in [1.807, 2.05) is 48.5 Å². The van der Waals surface area contributed by atoms with Crippen LogP contribution in [0.3, 0.4) is 0 Å². The minimum atomic E-state index is 0.0969. The van der Waals surface area contributed by atoms with E-state index in [0.29, 0.717) is 41.7 Å². The van der Waals surface area contributed by atoms with E-state index in [1.165, 1.54) is 12.8 Å². The molecule has 142 valence electrons. The molecular weight excluding hydrogens is 340 g/mol. The summed E-state index contributed by atoms with van der Waals surface area (Å²) in [6, 6.07) is 16.2. The Morgan fingerprint density at radius 2 is 1.70 bits per heavy atom. The summed E-state index contributed by atoms with van der Waals surface area (Å²) in [7, 11) is 1.62. The first kappa shape index (κ1) is 17.9. The average Bonchev–Trinajstić information content (AvgIpc) is 3.02. The van der Waals surface area contributed by atoms with Crippen molar-refractivity contribution in [3.63, 3.8) is 0 Å². The zero-order chi connectivity index (χ0) is 18.6. The number of methoxy groups -OCH3 is 1. The monoisotopic (exact) mass is 366 g/mol. The minimum absolute atomic E-state index is 0.0969. The summed E-state index contributed by atoms with van der Waals surface area (Å²) in [5.74, 6) is 2.65. The first-order valence-corrected chi connectivity index (χ1v) is 9.66. The Bertz CT molecular complexity index is 778. The number of anilines is 1. The van der Waals surface area contributed by atoms with E-state index in [0.717, 1.165) is 18.5 Å². The van der Waals surface area contributed by atoms with Crippen LogP contribution in [0.25, 0.3) is 0 Å². The quantitative estimate of drug-likeness (QED) is 0.798. The van der Waals surface area contributed by atoms with Crippen LogP contribution in [0.1, 0.15) is 32.1 Å². The van der Waals surface area contributed by atoms with Crippen molar-refractivity contribution in [3.8, 4) is 17.2 Å². The molecule has 4 rings (SSSR count). The lowest BCUT2D eigenvalue weighted by molar-refractivity contribution is -0.117. The highest BCUT2D eigenvalue weighted by molar-refractivity contribution is 5.90. The second-order valence-corrected chi connectivity index (χ2v) is 7.50. The van der Waals surface area contributed by atoms with Crippen molar-refractivity contribution in [3.05, 3.63) is 48.5 Å². The molecule has 0 aliphatic carbocycles. The Hall–Kier alpha value is -2.53. The maximum absolute atomic E-state index is 12.4. The third kappa shape index (κ3) is 4.42. The summed E-state index contributed by atoms with van der Waals surface area (Å²) in [5, 5.41) is 6.64. The molecule has 2 unspecified atom stereocenters. The summed E-state index contributed by atoms with van der Waals surface area (Å²) >= 11 is 0. The van der Waals surface area contributed by atoms with E-state index in [-0.39, 0.29) is 5.91 Å². The van der Waals surface area contributed by atoms with Crippen molar-refractivity contribution < 1.29 is 14.3 Å². The number of benzene rings is 2. The Balaban J connectivity index is 1.31. The van der Waals surface area contributed by atoms with Gasteiger partial charge in [0.25, 0.3) is 0 Å². The normalized spacial score (nSPS) is 23.7. The van der Waals surface area contributed by atoms with E-state index in [4.69, 9.17) is 9.47 Å². The fraction of sp³-hybridized carbons (Fsp3) is 0.409. The Morgan fingerprint density at radius 1 is 1.04 bits per heavy atom. The van der Waals surface area contributed by atoms with Gasteiger partial charge in [-0.25, -0.2) is 0 Å². The molecule has 5 heteroatoms. The molecule has 5 nitrogen and oxygen atoms in total. The highest BCUT2D eigenvalue weighted by Crippen LogP contribution is 2.33. The van der Waals surface area contributed by atoms with E-state index in [2.05, 4.69) is 10.6 Å². The number of para-hydroxylation sites is 2. The lowest BCUT2D eigenvalue weighted by Gasteiger charge is -2.28. The number of ether oxygens (including phenoxy) is 2. The molecule has 2 N–H and O–H groups in total. The van der Waals surface area contributed by atoms with Crippen LogP contribution >= 0.6 is 0 Å². The fourth-order valence-electron chi connectivity index (χ4n) is 4.25. The molecule has 2 bridgehead atoms. The maximum Gasteiger partial charge on any atom is 0.224 e. The van der Waals surface area contributed by atoms with Gasteiger partial charge in [-0.15, -0.1) is 0 Å². The summed E-state index contributed by atoms with van der Waals surface area (Å²) < 4.78 is 11.2. The average molecular weight is 366 g/mol. The van der Waals surface area contributed by atoms with E-state index in [1.54, 1.807) is 7.11 Å². The SMILES string of the molecule is COc1ccccc1Oc1ccc(NC(=O)CC2CC3CCC(C2)N3)cc1. The van der Waals surface area contributed by atoms with Crippen LogP contribution < -0.4 is 20.1 Å². The van der Waals surface area contributed by atoms with Crippen molar-refractivity contribution in [2.75, 3.05) is 12.4 Å². The van der Waals surface area contributed by atoms with Crippen LogP contribution in [0.5, 0.6) is 17.2 Å². The molecule has 2 heterocycles. The van der Waals surface area contributed by atoms with Crippen LogP contribution in [0.2, 0.25) is 0 Å². The topological polar surface area (TPSA) is 59.6 Å². The molecule has 2 fully saturated rings. The molecule has 2 aromatic rings. The van der Waals surface area contributed by atoms with Gasteiger partial charge in [0.15, 0.2) is 11.5 Å². The molecular formula is C22H26N2O3. The largest absolute Gasteiger partial charge is 0.493 e. The van der Waals surface area contributed by atoms with Gasteiger partial charge >= 0.3 is 0 Å². The molecule has 0 saturated carbocycles. The van der Waals surface area contributed by atoms with E-state index < -0.39 is 0 Å². The lowest BCUT2D eigenvalue weighted by atomic mass is 9.89. The number of amides is 1. The number of rotatable bonds is 6. The zero-order valence-corrected chi connectivity index (χ0v) is 15.6. The van der Waals surface area contributed by atoms with Gasteiger partial charge < -0.3 is 20.1 Å². The van der Waals surface area contributed by atoms with E-state index >= 15 is 0 Å². The third-order valence-electron chi connectivity index (χ3n) is 5.48. The molecule has 2 saturated heterocycles.